The Labute approximate surface area is 529 Å². The Morgan fingerprint density at radius 3 is 0.180 bits per heavy atom. The second-order valence-electron chi connectivity index (χ2n) is 4.01. The first-order valence-electron chi connectivity index (χ1n) is 10.00. The molecule has 0 aromatic heterocycles. The maximum absolute atomic E-state index is 4.82. The normalized spacial score (nSPS) is 7.80. The minimum absolute atomic E-state index is 1.37. The van der Waals surface area contributed by atoms with Crippen LogP contribution in [0, 0.1) is 0 Å². The van der Waals surface area contributed by atoms with Crippen molar-refractivity contribution in [3.05, 3.63) is 0 Å². The monoisotopic (exact) mass is 1950 g/mol. The molecule has 0 aliphatic carbocycles. The lowest BCUT2D eigenvalue weighted by molar-refractivity contribution is 5.95. The molecular formula is S61. The molecule has 0 spiro atoms. The predicted octanol–water partition coefficient (Wildman–Crippen LogP) is -0.146. The van der Waals surface area contributed by atoms with E-state index in [2.05, 4.69) is 0 Å². The molecule has 0 rings (SSSR count). The van der Waals surface area contributed by atoms with E-state index in [0.29, 0.717) is 0 Å². The van der Waals surface area contributed by atoms with Gasteiger partial charge in [-0.1, -0.05) is 0 Å². The highest BCUT2D eigenvalue weighted by Crippen LogP contribution is 1.46. The lowest BCUT2D eigenvalue weighted by Crippen LogP contribution is -1.41. The zero-order chi connectivity index (χ0) is 43.7. The van der Waals surface area contributed by atoms with Gasteiger partial charge in [0.25, 0.3) is 0 Å². The van der Waals surface area contributed by atoms with Crippen molar-refractivity contribution in [1.82, 2.24) is 0 Å². The van der Waals surface area contributed by atoms with Gasteiger partial charge in [0.05, 0.1) is 0 Å². The first-order valence-corrected chi connectivity index (χ1v) is 90.0. The summed E-state index contributed by atoms with van der Waals surface area (Å²) in [5, 5.41) is 0. The Morgan fingerprint density at radius 2 is 0.131 bits per heavy atom. The van der Waals surface area contributed by atoms with Crippen LogP contribution in [0.1, 0.15) is 0 Å². The summed E-state index contributed by atoms with van der Waals surface area (Å²) in [4.78, 5) is 0. The predicted molar refractivity (Wildman–Crippen MR) is 449 cm³/mol. The molecule has 0 atom stereocenters. The molecule has 366 valence electrons. The molecule has 0 nitrogen and oxygen atoms in total. The van der Waals surface area contributed by atoms with Crippen LogP contribution < -0.4 is 0 Å². The average molecular weight is 1960 g/mol. The van der Waals surface area contributed by atoms with Crippen molar-refractivity contribution >= 4 is 546 Å². The summed E-state index contributed by atoms with van der Waals surface area (Å²) in [6.07, 6.45) is 0. The van der Waals surface area contributed by atoms with Gasteiger partial charge in [-0.2, -0.15) is 0 Å². The number of hydrogen-bond donors (Lipinski definition) is 0. The Hall–Kier alpha value is 13.4. The van der Waals surface area contributed by atoms with Gasteiger partial charge in [0.1, 0.15) is 0 Å². The molecule has 0 amide bonds. The van der Waals surface area contributed by atoms with Gasteiger partial charge in [-0.15, -0.1) is 0 Å². The lowest BCUT2D eigenvalue weighted by Gasteiger charge is -1.41. The summed E-state index contributed by atoms with van der Waals surface area (Å²) in [5.41, 5.74) is 0. The van der Waals surface area contributed by atoms with E-state index in [1.807, 2.05) is 400 Å². The molecule has 0 unspecified atom stereocenters. The summed E-state index contributed by atoms with van der Waals surface area (Å²) in [5.74, 6) is 0. The van der Waals surface area contributed by atoms with Crippen LogP contribution >= 0.6 is 0 Å². The maximum Gasteiger partial charge on any atom is 0 e. The van der Waals surface area contributed by atoms with Crippen molar-refractivity contribution in [1.29, 1.82) is 0 Å². The third kappa shape index (κ3) is 73.4. The first-order chi connectivity index (χ1) is 30.4. The molecule has 0 N–H and O–H groups in total. The van der Waals surface area contributed by atoms with E-state index >= 15 is 0 Å². The second-order valence-corrected chi connectivity index (χ2v) is 108. The number of hydrogen-bond acceptors (Lipinski definition) is 2. The maximum atomic E-state index is 4.82. The zero-order valence-corrected chi connectivity index (χ0v) is 74.7. The van der Waals surface area contributed by atoms with Crippen molar-refractivity contribution < 1.29 is 0 Å². The summed E-state index contributed by atoms with van der Waals surface area (Å²) in [6, 6.07) is 0. The smallest absolute Gasteiger partial charge is 0 e. The zero-order valence-electron chi connectivity index (χ0n) is 24.9. The summed E-state index contributed by atoms with van der Waals surface area (Å²) < 4.78 is 0. The molecule has 0 aromatic carbocycles. The molecule has 0 aliphatic rings. The van der Waals surface area contributed by atoms with E-state index in [0.717, 1.165) is 0 Å². The van der Waals surface area contributed by atoms with Gasteiger partial charge < -0.3 is 0 Å². The van der Waals surface area contributed by atoms with E-state index < -0.39 is 0 Å². The molecule has 0 aliphatic heterocycles. The van der Waals surface area contributed by atoms with Gasteiger partial charge in [0.15, 0.2) is 0 Å². The van der Waals surface area contributed by atoms with Gasteiger partial charge >= 0.3 is 0 Å². The third-order valence-electron chi connectivity index (χ3n) is 1.61. The molecule has 0 aromatic rings. The van der Waals surface area contributed by atoms with Crippen molar-refractivity contribution in [2.45, 2.75) is 0 Å². The number of rotatable bonds is 0. The van der Waals surface area contributed by atoms with Crippen molar-refractivity contribution in [3.63, 3.8) is 0 Å². The van der Waals surface area contributed by atoms with Crippen LogP contribution in [0.3, 0.4) is 0 Å². The van der Waals surface area contributed by atoms with Crippen LogP contribution in [0.2, 0.25) is 0 Å². The highest BCUT2D eigenvalue weighted by molar-refractivity contribution is 8.83. The molecular weight excluding hydrogens is 1960 g/mol. The summed E-state index contributed by atoms with van der Waals surface area (Å²) >= 11 is 9.64. The van der Waals surface area contributed by atoms with Crippen LogP contribution in [0.4, 0.5) is 0 Å². The summed E-state index contributed by atoms with van der Waals surface area (Å²) in [6.45, 7) is 0. The first kappa shape index (κ1) is 74.4. The van der Waals surface area contributed by atoms with Crippen LogP contribution in [0.25, 0.3) is 0 Å². The SMILES string of the molecule is S=S=S=S=S=S=S=S=S=S=S=S=S=S=S=S=S=S=S=S=S=S=S=S=S=S=S=S=S=S=S=S=S=S=S=S=S=S=S=S=S=S=S=S=S=S=S=S=S=S=S=S=S=S=S=S=S=S=S=S=S. The Balaban J connectivity index is 6.12. The minimum Gasteiger partial charge on any atom is 0 e. The molecule has 0 saturated heterocycles. The van der Waals surface area contributed by atoms with Gasteiger partial charge in [-0.25, -0.2) is 0 Å². The Kier molecular flexibility index (Phi) is 89.6. The fourth-order valence-corrected chi connectivity index (χ4v) is 157. The van der Waals surface area contributed by atoms with E-state index in [1.54, 1.807) is 107 Å². The highest BCUT2D eigenvalue weighted by atomic mass is 33.5. The molecule has 0 fully saturated rings. The fraction of sp³-hybridized carbons (Fsp3) is 0. The minimum atomic E-state index is 1.37. The van der Waals surface area contributed by atoms with Gasteiger partial charge in [-0.05, 0) is 0 Å². The van der Waals surface area contributed by atoms with E-state index in [1.165, 1.54) is 17.8 Å². The molecule has 61 heteroatoms. The fourth-order valence-electron chi connectivity index (χ4n) is 0.646. The average Bonchev–Trinajstić information content (AvgIpc) is 3.27. The highest BCUT2D eigenvalue weighted by Gasteiger charge is 1.47. The van der Waals surface area contributed by atoms with Crippen LogP contribution in [0.5, 0.6) is 0 Å². The standard InChI is InChI=1S/S61/c1-3-5-7-9-11-13-15-17-19-21-23-25-27-29-31-33-35-37-39-41-43-45-47-49-51-53-55-57-59-61-60-58-56-54-52-50-48-46-44-42-40-38-36-34-32-30-28-26-24-22-20-18-16-14-12-10-8-6-4-2. The Morgan fingerprint density at radius 1 is 0.0820 bits per heavy atom. The van der Waals surface area contributed by atoms with E-state index in [4.69, 9.17) is 22.4 Å². The molecule has 0 saturated carbocycles. The molecule has 0 heterocycles. The molecule has 61 heavy (non-hydrogen) atoms. The van der Waals surface area contributed by atoms with Crippen LogP contribution in [-0.4, -0.2) is 0 Å². The quantitative estimate of drug-likeness (QED) is 0.332. The lowest BCUT2D eigenvalue weighted by atomic mass is 30.7. The second kappa shape index (κ2) is 73.4. The Bertz CT molecular complexity index is 4100. The summed E-state index contributed by atoms with van der Waals surface area (Å²) in [7, 11) is 106. The third-order valence-corrected chi connectivity index (χ3v) is 130. The van der Waals surface area contributed by atoms with Crippen molar-refractivity contribution in [2.75, 3.05) is 0 Å². The van der Waals surface area contributed by atoms with E-state index in [9.17, 15) is 0 Å². The van der Waals surface area contributed by atoms with Crippen molar-refractivity contribution in [2.24, 2.45) is 0 Å². The van der Waals surface area contributed by atoms with Crippen molar-refractivity contribution in [3.8, 4) is 0 Å². The largest absolute Gasteiger partial charge is 0 e. The van der Waals surface area contributed by atoms with Crippen LogP contribution in [-0.2, 0) is 546 Å². The topological polar surface area (TPSA) is 0 Å². The van der Waals surface area contributed by atoms with Gasteiger partial charge in [-0.3, -0.25) is 0 Å². The molecule has 0 radical (unpaired) electrons. The van der Waals surface area contributed by atoms with Gasteiger partial charge in [0, 0.05) is 546 Å². The molecule has 0 bridgehead atoms. The van der Waals surface area contributed by atoms with E-state index in [-0.39, 0.29) is 0 Å². The van der Waals surface area contributed by atoms with Crippen LogP contribution in [0.15, 0.2) is 0 Å². The van der Waals surface area contributed by atoms with Gasteiger partial charge in [0.2, 0.25) is 0 Å².